The molecule has 0 aliphatic carbocycles. The van der Waals surface area contributed by atoms with E-state index >= 15 is 0 Å². The van der Waals surface area contributed by atoms with Crippen LogP contribution in [-0.2, 0) is 4.74 Å². The van der Waals surface area contributed by atoms with E-state index in [0.717, 1.165) is 17.9 Å². The molecule has 0 spiro atoms. The van der Waals surface area contributed by atoms with Crippen LogP contribution in [0.3, 0.4) is 0 Å². The second kappa shape index (κ2) is 5.34. The van der Waals surface area contributed by atoms with Crippen molar-refractivity contribution in [1.29, 1.82) is 0 Å². The molecule has 2 unspecified atom stereocenters. The lowest BCUT2D eigenvalue weighted by Crippen LogP contribution is -2.15. The van der Waals surface area contributed by atoms with Gasteiger partial charge < -0.3 is 4.74 Å². The van der Waals surface area contributed by atoms with Crippen LogP contribution < -0.4 is 0 Å². The van der Waals surface area contributed by atoms with Crippen LogP contribution in [0.5, 0.6) is 0 Å². The molecule has 4 heteroatoms. The summed E-state index contributed by atoms with van der Waals surface area (Å²) in [4.78, 5) is 14.0. The van der Waals surface area contributed by atoms with Crippen molar-refractivity contribution in [3.63, 3.8) is 0 Å². The standard InChI is InChI=1S/C12H16O2S2/c1-8-3-4-12(16-8)10(13)7-15-11-5-6-14-9(11)2/h3-4,9,11H,5-7H2,1-2H3. The smallest absolute Gasteiger partial charge is 0.182 e. The average molecular weight is 256 g/mol. The molecule has 2 heterocycles. The second-order valence-corrected chi connectivity index (χ2v) is 6.56. The Morgan fingerprint density at radius 1 is 1.62 bits per heavy atom. The first-order valence-corrected chi connectivity index (χ1v) is 7.36. The van der Waals surface area contributed by atoms with Crippen LogP contribution in [0, 0.1) is 6.92 Å². The summed E-state index contributed by atoms with van der Waals surface area (Å²) in [6.07, 6.45) is 1.37. The van der Waals surface area contributed by atoms with Gasteiger partial charge in [-0.2, -0.15) is 0 Å². The lowest BCUT2D eigenvalue weighted by molar-refractivity contribution is 0.102. The predicted octanol–water partition coefficient (Wildman–Crippen LogP) is 3.15. The van der Waals surface area contributed by atoms with Crippen LogP contribution >= 0.6 is 23.1 Å². The molecular formula is C12H16O2S2. The molecule has 88 valence electrons. The van der Waals surface area contributed by atoms with Gasteiger partial charge in [0, 0.05) is 16.7 Å². The Kier molecular flexibility index (Phi) is 4.05. The van der Waals surface area contributed by atoms with Crippen molar-refractivity contribution in [3.8, 4) is 0 Å². The maximum atomic E-state index is 11.9. The van der Waals surface area contributed by atoms with Gasteiger partial charge >= 0.3 is 0 Å². The van der Waals surface area contributed by atoms with E-state index in [2.05, 4.69) is 6.92 Å². The van der Waals surface area contributed by atoms with Crippen LogP contribution in [-0.4, -0.2) is 29.5 Å². The molecule has 1 aromatic heterocycles. The van der Waals surface area contributed by atoms with Gasteiger partial charge in [-0.05, 0) is 32.4 Å². The van der Waals surface area contributed by atoms with Gasteiger partial charge in [-0.1, -0.05) is 0 Å². The Morgan fingerprint density at radius 2 is 2.44 bits per heavy atom. The van der Waals surface area contributed by atoms with E-state index in [-0.39, 0.29) is 5.78 Å². The van der Waals surface area contributed by atoms with Gasteiger partial charge in [0.1, 0.15) is 0 Å². The fourth-order valence-electron chi connectivity index (χ4n) is 1.77. The van der Waals surface area contributed by atoms with E-state index in [1.54, 1.807) is 23.1 Å². The molecule has 0 aromatic carbocycles. The topological polar surface area (TPSA) is 26.3 Å². The number of ether oxygens (including phenoxy) is 1. The first-order valence-electron chi connectivity index (χ1n) is 5.49. The van der Waals surface area contributed by atoms with Gasteiger partial charge in [-0.15, -0.1) is 23.1 Å². The van der Waals surface area contributed by atoms with Crippen LogP contribution in [0.4, 0.5) is 0 Å². The summed E-state index contributed by atoms with van der Waals surface area (Å²) in [6, 6.07) is 3.93. The number of thiophene rings is 1. The van der Waals surface area contributed by atoms with Crippen molar-refractivity contribution in [3.05, 3.63) is 21.9 Å². The largest absolute Gasteiger partial charge is 0.377 e. The molecular weight excluding hydrogens is 240 g/mol. The van der Waals surface area contributed by atoms with E-state index in [1.807, 2.05) is 19.1 Å². The highest BCUT2D eigenvalue weighted by molar-refractivity contribution is 8.00. The summed E-state index contributed by atoms with van der Waals surface area (Å²) < 4.78 is 5.48. The third-order valence-electron chi connectivity index (χ3n) is 2.75. The Bertz CT molecular complexity index is 373. The maximum Gasteiger partial charge on any atom is 0.182 e. The molecule has 1 aliphatic heterocycles. The van der Waals surface area contributed by atoms with Gasteiger partial charge in [-0.25, -0.2) is 0 Å². The number of rotatable bonds is 4. The highest BCUT2D eigenvalue weighted by Crippen LogP contribution is 2.27. The number of hydrogen-bond donors (Lipinski definition) is 0. The third kappa shape index (κ3) is 2.87. The highest BCUT2D eigenvalue weighted by Gasteiger charge is 2.25. The monoisotopic (exact) mass is 256 g/mol. The minimum Gasteiger partial charge on any atom is -0.377 e. The van der Waals surface area contributed by atoms with Crippen LogP contribution in [0.25, 0.3) is 0 Å². The quantitative estimate of drug-likeness (QED) is 0.774. The summed E-state index contributed by atoms with van der Waals surface area (Å²) in [7, 11) is 0. The lowest BCUT2D eigenvalue weighted by Gasteiger charge is -2.12. The summed E-state index contributed by atoms with van der Waals surface area (Å²) in [5.74, 6) is 0.834. The van der Waals surface area contributed by atoms with Crippen molar-refractivity contribution in [1.82, 2.24) is 0 Å². The molecule has 2 atom stereocenters. The lowest BCUT2D eigenvalue weighted by atomic mass is 10.3. The van der Waals surface area contributed by atoms with E-state index in [0.29, 0.717) is 17.1 Å². The predicted molar refractivity (Wildman–Crippen MR) is 69.7 cm³/mol. The minimum atomic E-state index is 0.252. The van der Waals surface area contributed by atoms with Crippen LogP contribution in [0.2, 0.25) is 0 Å². The Balaban J connectivity index is 1.84. The minimum absolute atomic E-state index is 0.252. The highest BCUT2D eigenvalue weighted by atomic mass is 32.2. The van der Waals surface area contributed by atoms with Gasteiger partial charge in [0.2, 0.25) is 0 Å². The van der Waals surface area contributed by atoms with Crippen molar-refractivity contribution in [2.24, 2.45) is 0 Å². The molecule has 1 aliphatic rings. The number of aryl methyl sites for hydroxylation is 1. The number of hydrogen-bond acceptors (Lipinski definition) is 4. The molecule has 16 heavy (non-hydrogen) atoms. The molecule has 2 nitrogen and oxygen atoms in total. The summed E-state index contributed by atoms with van der Waals surface area (Å²) in [5.41, 5.74) is 0. The van der Waals surface area contributed by atoms with E-state index in [4.69, 9.17) is 4.74 Å². The SMILES string of the molecule is Cc1ccc(C(=O)CSC2CCOC2C)s1. The Labute approximate surface area is 104 Å². The molecule has 2 rings (SSSR count). The summed E-state index contributed by atoms with van der Waals surface area (Å²) in [6.45, 7) is 4.96. The normalized spacial score (nSPS) is 24.9. The maximum absolute atomic E-state index is 11.9. The Morgan fingerprint density at radius 3 is 3.00 bits per heavy atom. The van der Waals surface area contributed by atoms with E-state index < -0.39 is 0 Å². The molecule has 0 N–H and O–H groups in total. The van der Waals surface area contributed by atoms with E-state index in [1.165, 1.54) is 4.88 Å². The summed E-state index contributed by atoms with van der Waals surface area (Å²) in [5, 5.41) is 0.491. The molecule has 0 radical (unpaired) electrons. The zero-order chi connectivity index (χ0) is 11.5. The number of carbonyl (C=O) groups is 1. The first-order chi connectivity index (χ1) is 7.66. The number of thioether (sulfide) groups is 1. The molecule has 1 aromatic rings. The Hall–Kier alpha value is -0.320. The van der Waals surface area contributed by atoms with Gasteiger partial charge in [0.15, 0.2) is 5.78 Å². The number of carbonyl (C=O) groups excluding carboxylic acids is 1. The molecule has 0 amide bonds. The molecule has 1 fully saturated rings. The second-order valence-electron chi connectivity index (χ2n) is 4.05. The van der Waals surface area contributed by atoms with Crippen molar-refractivity contribution in [2.75, 3.05) is 12.4 Å². The van der Waals surface area contributed by atoms with E-state index in [9.17, 15) is 4.79 Å². The number of Topliss-reactive ketones (excluding diaryl/α,β-unsaturated/α-hetero) is 1. The third-order valence-corrected chi connectivity index (χ3v) is 5.27. The number of ketones is 1. The fourth-order valence-corrected chi connectivity index (χ4v) is 3.80. The van der Waals surface area contributed by atoms with Crippen molar-refractivity contribution < 1.29 is 9.53 Å². The molecule has 1 saturated heterocycles. The average Bonchev–Trinajstić information content (AvgIpc) is 2.84. The van der Waals surface area contributed by atoms with Gasteiger partial charge in [-0.3, -0.25) is 4.79 Å². The summed E-state index contributed by atoms with van der Waals surface area (Å²) >= 11 is 3.32. The molecule has 0 saturated carbocycles. The zero-order valence-electron chi connectivity index (χ0n) is 9.56. The zero-order valence-corrected chi connectivity index (χ0v) is 11.2. The van der Waals surface area contributed by atoms with Crippen molar-refractivity contribution in [2.45, 2.75) is 31.6 Å². The van der Waals surface area contributed by atoms with Gasteiger partial charge in [0.05, 0.1) is 16.7 Å². The van der Waals surface area contributed by atoms with Crippen LogP contribution in [0.1, 0.15) is 27.9 Å². The fraction of sp³-hybridized carbons (Fsp3) is 0.583. The first kappa shape index (κ1) is 12.1. The van der Waals surface area contributed by atoms with Crippen molar-refractivity contribution >= 4 is 28.9 Å². The van der Waals surface area contributed by atoms with Gasteiger partial charge in [0.25, 0.3) is 0 Å². The van der Waals surface area contributed by atoms with Crippen LogP contribution in [0.15, 0.2) is 12.1 Å². The molecule has 0 bridgehead atoms.